The average molecular weight is 248 g/mol. The summed E-state index contributed by atoms with van der Waals surface area (Å²) in [7, 11) is 1.49. The number of halogens is 1. The van der Waals surface area contributed by atoms with Gasteiger partial charge in [-0.2, -0.15) is 0 Å². The largest absolute Gasteiger partial charge is 0.306 e. The van der Waals surface area contributed by atoms with Crippen LogP contribution in [-0.2, 0) is 6.42 Å². The van der Waals surface area contributed by atoms with E-state index in [1.807, 2.05) is 6.92 Å². The number of hydrogen-bond acceptors (Lipinski definition) is 3. The van der Waals surface area contributed by atoms with Gasteiger partial charge in [-0.25, -0.2) is 9.37 Å². The SMILES string of the molecule is CCc1nc(C(=O)N(C)c2ccccc2F)n[nH]1. The molecule has 0 spiro atoms. The minimum Gasteiger partial charge on any atom is -0.306 e. The smallest absolute Gasteiger partial charge is 0.297 e. The van der Waals surface area contributed by atoms with Gasteiger partial charge in [0.15, 0.2) is 0 Å². The average Bonchev–Trinajstić information content (AvgIpc) is 2.86. The van der Waals surface area contributed by atoms with Crippen LogP contribution < -0.4 is 4.90 Å². The summed E-state index contributed by atoms with van der Waals surface area (Å²) in [6.45, 7) is 1.90. The molecule has 0 saturated carbocycles. The van der Waals surface area contributed by atoms with Crippen LogP contribution in [0, 0.1) is 5.82 Å². The van der Waals surface area contributed by atoms with Gasteiger partial charge in [0.25, 0.3) is 5.91 Å². The quantitative estimate of drug-likeness (QED) is 0.900. The lowest BCUT2D eigenvalue weighted by Crippen LogP contribution is -2.28. The van der Waals surface area contributed by atoms with Gasteiger partial charge in [0.1, 0.15) is 11.6 Å². The standard InChI is InChI=1S/C12H13FN4O/c1-3-10-14-11(16-15-10)12(18)17(2)9-7-5-4-6-8(9)13/h4-7H,3H2,1-2H3,(H,14,15,16). The minimum atomic E-state index is -0.459. The molecule has 1 amide bonds. The summed E-state index contributed by atoms with van der Waals surface area (Å²) < 4.78 is 13.5. The highest BCUT2D eigenvalue weighted by atomic mass is 19.1. The Morgan fingerprint density at radius 2 is 2.17 bits per heavy atom. The molecule has 1 aromatic carbocycles. The van der Waals surface area contributed by atoms with Crippen LogP contribution >= 0.6 is 0 Å². The second-order valence-electron chi connectivity index (χ2n) is 3.77. The van der Waals surface area contributed by atoms with Crippen LogP contribution in [0.15, 0.2) is 24.3 Å². The molecule has 0 radical (unpaired) electrons. The number of H-pyrrole nitrogens is 1. The number of para-hydroxylation sites is 1. The fourth-order valence-corrected chi connectivity index (χ4v) is 1.53. The normalized spacial score (nSPS) is 10.4. The maximum atomic E-state index is 13.5. The first kappa shape index (κ1) is 12.2. The van der Waals surface area contributed by atoms with Gasteiger partial charge in [-0.3, -0.25) is 9.89 Å². The van der Waals surface area contributed by atoms with E-state index in [1.165, 1.54) is 24.1 Å². The highest BCUT2D eigenvalue weighted by Crippen LogP contribution is 2.18. The van der Waals surface area contributed by atoms with Crippen molar-refractivity contribution < 1.29 is 9.18 Å². The Labute approximate surface area is 104 Å². The predicted molar refractivity (Wildman–Crippen MR) is 64.9 cm³/mol. The first-order valence-electron chi connectivity index (χ1n) is 5.57. The lowest BCUT2D eigenvalue weighted by Gasteiger charge is -2.15. The highest BCUT2D eigenvalue weighted by molar-refractivity contribution is 6.03. The number of carbonyl (C=O) groups excluding carboxylic acids is 1. The van der Waals surface area contributed by atoms with Crippen molar-refractivity contribution in [3.05, 3.63) is 41.7 Å². The zero-order valence-electron chi connectivity index (χ0n) is 10.1. The fraction of sp³-hybridized carbons (Fsp3) is 0.250. The monoisotopic (exact) mass is 248 g/mol. The molecule has 0 aliphatic heterocycles. The van der Waals surface area contributed by atoms with Gasteiger partial charge >= 0.3 is 0 Å². The number of hydrogen-bond donors (Lipinski definition) is 1. The second kappa shape index (κ2) is 4.95. The van der Waals surface area contributed by atoms with Crippen molar-refractivity contribution >= 4 is 11.6 Å². The first-order valence-corrected chi connectivity index (χ1v) is 5.57. The van der Waals surface area contributed by atoms with Gasteiger partial charge in [0.05, 0.1) is 5.69 Å². The van der Waals surface area contributed by atoms with Gasteiger partial charge in [-0.15, -0.1) is 5.10 Å². The molecule has 0 fully saturated rings. The number of aromatic nitrogens is 3. The molecule has 0 aliphatic carbocycles. The third-order valence-corrected chi connectivity index (χ3v) is 2.58. The molecule has 0 unspecified atom stereocenters. The van der Waals surface area contributed by atoms with Crippen LogP contribution in [0.25, 0.3) is 0 Å². The van der Waals surface area contributed by atoms with Gasteiger partial charge in [-0.1, -0.05) is 19.1 Å². The molecule has 1 aromatic heterocycles. The molecule has 2 aromatic rings. The summed E-state index contributed by atoms with van der Waals surface area (Å²) in [6, 6.07) is 6.06. The molecule has 1 heterocycles. The van der Waals surface area contributed by atoms with Crippen LogP contribution in [0.3, 0.4) is 0 Å². The maximum Gasteiger partial charge on any atom is 0.297 e. The number of benzene rings is 1. The zero-order chi connectivity index (χ0) is 13.1. The summed E-state index contributed by atoms with van der Waals surface area (Å²) in [5.74, 6) is -0.242. The maximum absolute atomic E-state index is 13.5. The summed E-state index contributed by atoms with van der Waals surface area (Å²) in [6.07, 6.45) is 0.656. The van der Waals surface area contributed by atoms with Crippen molar-refractivity contribution in [3.63, 3.8) is 0 Å². The van der Waals surface area contributed by atoms with E-state index in [9.17, 15) is 9.18 Å². The Bertz CT molecular complexity index is 567. The zero-order valence-corrected chi connectivity index (χ0v) is 10.1. The van der Waals surface area contributed by atoms with Crippen LogP contribution in [0.2, 0.25) is 0 Å². The molecule has 2 rings (SSSR count). The van der Waals surface area contributed by atoms with Crippen molar-refractivity contribution in [3.8, 4) is 0 Å². The summed E-state index contributed by atoms with van der Waals surface area (Å²) in [5.41, 5.74) is 0.199. The van der Waals surface area contributed by atoms with Crippen LogP contribution in [0.5, 0.6) is 0 Å². The van der Waals surface area contributed by atoms with Gasteiger partial charge in [0, 0.05) is 13.5 Å². The van der Waals surface area contributed by atoms with Crippen LogP contribution in [0.1, 0.15) is 23.4 Å². The predicted octanol–water partition coefficient (Wildman–Crippen LogP) is 1.78. The summed E-state index contributed by atoms with van der Waals surface area (Å²) >= 11 is 0. The molecular formula is C12H13FN4O. The molecule has 1 N–H and O–H groups in total. The Kier molecular flexibility index (Phi) is 3.36. The van der Waals surface area contributed by atoms with Crippen molar-refractivity contribution in [1.29, 1.82) is 0 Å². The number of carbonyl (C=O) groups is 1. The number of nitrogens with zero attached hydrogens (tertiary/aromatic N) is 3. The second-order valence-corrected chi connectivity index (χ2v) is 3.77. The number of amides is 1. The van der Waals surface area contributed by atoms with Gasteiger partial charge in [0.2, 0.25) is 5.82 Å². The number of aryl methyl sites for hydroxylation is 1. The molecule has 0 aliphatic rings. The first-order chi connectivity index (χ1) is 8.63. The van der Waals surface area contributed by atoms with Crippen LogP contribution in [-0.4, -0.2) is 28.1 Å². The molecular weight excluding hydrogens is 235 g/mol. The Balaban J connectivity index is 2.26. The fourth-order valence-electron chi connectivity index (χ4n) is 1.53. The Hall–Kier alpha value is -2.24. The lowest BCUT2D eigenvalue weighted by molar-refractivity contribution is 0.0982. The van der Waals surface area contributed by atoms with Gasteiger partial charge < -0.3 is 4.90 Å². The number of aromatic amines is 1. The van der Waals surface area contributed by atoms with Gasteiger partial charge in [-0.05, 0) is 12.1 Å². The van der Waals surface area contributed by atoms with Crippen molar-refractivity contribution in [1.82, 2.24) is 15.2 Å². The lowest BCUT2D eigenvalue weighted by atomic mass is 10.3. The van der Waals surface area contributed by atoms with E-state index in [-0.39, 0.29) is 11.5 Å². The number of nitrogens with one attached hydrogen (secondary N) is 1. The molecule has 5 nitrogen and oxygen atoms in total. The van der Waals surface area contributed by atoms with E-state index in [1.54, 1.807) is 12.1 Å². The molecule has 0 bridgehead atoms. The molecule has 94 valence electrons. The van der Waals surface area contributed by atoms with E-state index in [0.717, 1.165) is 0 Å². The molecule has 18 heavy (non-hydrogen) atoms. The van der Waals surface area contributed by atoms with E-state index in [4.69, 9.17) is 0 Å². The van der Waals surface area contributed by atoms with E-state index in [2.05, 4.69) is 15.2 Å². The van der Waals surface area contributed by atoms with E-state index in [0.29, 0.717) is 12.2 Å². The summed E-state index contributed by atoms with van der Waals surface area (Å²) in [4.78, 5) is 17.3. The van der Waals surface area contributed by atoms with E-state index >= 15 is 0 Å². The summed E-state index contributed by atoms with van der Waals surface area (Å²) in [5, 5.41) is 6.47. The Morgan fingerprint density at radius 1 is 1.44 bits per heavy atom. The number of rotatable bonds is 3. The van der Waals surface area contributed by atoms with Crippen molar-refractivity contribution in [2.75, 3.05) is 11.9 Å². The molecule has 6 heteroatoms. The molecule has 0 atom stereocenters. The topological polar surface area (TPSA) is 61.9 Å². The van der Waals surface area contributed by atoms with E-state index < -0.39 is 11.7 Å². The van der Waals surface area contributed by atoms with Crippen molar-refractivity contribution in [2.24, 2.45) is 0 Å². The third-order valence-electron chi connectivity index (χ3n) is 2.58. The minimum absolute atomic E-state index is 0.0394. The Morgan fingerprint density at radius 3 is 2.78 bits per heavy atom. The highest BCUT2D eigenvalue weighted by Gasteiger charge is 2.20. The molecule has 0 saturated heterocycles. The van der Waals surface area contributed by atoms with Crippen LogP contribution in [0.4, 0.5) is 10.1 Å². The number of anilines is 1. The third kappa shape index (κ3) is 2.22. The van der Waals surface area contributed by atoms with Crippen molar-refractivity contribution in [2.45, 2.75) is 13.3 Å².